The van der Waals surface area contributed by atoms with Crippen molar-refractivity contribution < 1.29 is 9.72 Å². The quantitative estimate of drug-likeness (QED) is 0.515. The largest absolute Gasteiger partial charge is 0.399 e. The average molecular weight is 308 g/mol. The highest BCUT2D eigenvalue weighted by atomic mass is 35.5. The van der Waals surface area contributed by atoms with E-state index in [-0.39, 0.29) is 30.4 Å². The molecule has 0 heterocycles. The number of nitrogens with one attached hydrogen (secondary N) is 1. The van der Waals surface area contributed by atoms with E-state index in [4.69, 9.17) is 5.73 Å². The van der Waals surface area contributed by atoms with Crippen LogP contribution >= 0.6 is 12.4 Å². The number of halogens is 1. The number of anilines is 2. The monoisotopic (exact) mass is 307 g/mol. The second-order valence-electron chi connectivity index (χ2n) is 4.28. The number of nitrogen functional groups attached to an aromatic ring is 1. The summed E-state index contributed by atoms with van der Waals surface area (Å²) in [7, 11) is 0. The van der Waals surface area contributed by atoms with Crippen molar-refractivity contribution in [1.29, 1.82) is 0 Å². The smallest absolute Gasteiger partial charge is 0.269 e. The highest BCUT2D eigenvalue weighted by Crippen LogP contribution is 2.15. The molecule has 21 heavy (non-hydrogen) atoms. The zero-order chi connectivity index (χ0) is 14.5. The van der Waals surface area contributed by atoms with Gasteiger partial charge in [-0.25, -0.2) is 0 Å². The normalized spacial score (nSPS) is 9.52. The highest BCUT2D eigenvalue weighted by molar-refractivity contribution is 5.92. The van der Waals surface area contributed by atoms with Crippen LogP contribution < -0.4 is 11.1 Å². The van der Waals surface area contributed by atoms with Crippen molar-refractivity contribution >= 4 is 35.4 Å². The molecule has 110 valence electrons. The van der Waals surface area contributed by atoms with Crippen LogP contribution in [0.15, 0.2) is 48.5 Å². The molecule has 0 atom stereocenters. The van der Waals surface area contributed by atoms with Gasteiger partial charge >= 0.3 is 0 Å². The van der Waals surface area contributed by atoms with Crippen LogP contribution in [0.3, 0.4) is 0 Å². The molecule has 0 aliphatic rings. The minimum absolute atomic E-state index is 0. The topological polar surface area (TPSA) is 98.3 Å². The van der Waals surface area contributed by atoms with Crippen LogP contribution in [-0.2, 0) is 11.2 Å². The molecule has 2 aromatic carbocycles. The minimum Gasteiger partial charge on any atom is -0.399 e. The van der Waals surface area contributed by atoms with Crippen LogP contribution in [0.5, 0.6) is 0 Å². The van der Waals surface area contributed by atoms with Crippen molar-refractivity contribution in [3.63, 3.8) is 0 Å². The lowest BCUT2D eigenvalue weighted by Gasteiger charge is -2.06. The first-order valence-corrected chi connectivity index (χ1v) is 5.93. The molecule has 0 saturated carbocycles. The van der Waals surface area contributed by atoms with Crippen molar-refractivity contribution in [2.24, 2.45) is 0 Å². The van der Waals surface area contributed by atoms with E-state index in [1.165, 1.54) is 12.1 Å². The van der Waals surface area contributed by atoms with Gasteiger partial charge in [-0.1, -0.05) is 18.2 Å². The van der Waals surface area contributed by atoms with Gasteiger partial charge in [0, 0.05) is 23.5 Å². The first-order chi connectivity index (χ1) is 9.54. The van der Waals surface area contributed by atoms with Gasteiger partial charge in [0.25, 0.3) is 5.69 Å². The summed E-state index contributed by atoms with van der Waals surface area (Å²) in [6.07, 6.45) is 0.0660. The predicted octanol–water partition coefficient (Wildman–Crippen LogP) is 2.78. The molecule has 0 bridgehead atoms. The summed E-state index contributed by atoms with van der Waals surface area (Å²) < 4.78 is 0. The van der Waals surface area contributed by atoms with Crippen LogP contribution in [0.2, 0.25) is 0 Å². The number of non-ortho nitro benzene ring substituents is 1. The third-order valence-corrected chi connectivity index (χ3v) is 2.66. The average Bonchev–Trinajstić information content (AvgIpc) is 2.38. The molecule has 0 saturated heterocycles. The Morgan fingerprint density at radius 1 is 1.19 bits per heavy atom. The number of hydrogen-bond acceptors (Lipinski definition) is 4. The molecule has 0 spiro atoms. The Kier molecular flexibility index (Phi) is 5.68. The van der Waals surface area contributed by atoms with Crippen LogP contribution in [0, 0.1) is 10.1 Å². The second-order valence-corrected chi connectivity index (χ2v) is 4.28. The van der Waals surface area contributed by atoms with E-state index in [0.29, 0.717) is 16.9 Å². The predicted molar refractivity (Wildman–Crippen MR) is 83.5 cm³/mol. The number of nitro benzene ring substituents is 1. The summed E-state index contributed by atoms with van der Waals surface area (Å²) in [6, 6.07) is 12.8. The van der Waals surface area contributed by atoms with Gasteiger partial charge in [0.1, 0.15) is 0 Å². The minimum atomic E-state index is -0.487. The van der Waals surface area contributed by atoms with Crippen molar-refractivity contribution in [3.8, 4) is 0 Å². The molecule has 0 radical (unpaired) electrons. The molecule has 6 nitrogen and oxygen atoms in total. The van der Waals surface area contributed by atoms with E-state index in [9.17, 15) is 14.9 Å². The lowest BCUT2D eigenvalue weighted by atomic mass is 10.1. The maximum absolute atomic E-state index is 11.9. The summed E-state index contributed by atoms with van der Waals surface area (Å²) in [6.45, 7) is 0. The van der Waals surface area contributed by atoms with Crippen LogP contribution in [0.4, 0.5) is 17.1 Å². The van der Waals surface area contributed by atoms with Gasteiger partial charge in [-0.3, -0.25) is 14.9 Å². The third-order valence-electron chi connectivity index (χ3n) is 2.66. The van der Waals surface area contributed by atoms with E-state index in [1.54, 1.807) is 36.4 Å². The molecule has 0 aliphatic heterocycles. The summed E-state index contributed by atoms with van der Waals surface area (Å²) in [5.41, 5.74) is 7.32. The molecule has 1 amide bonds. The fraction of sp³-hybridized carbons (Fsp3) is 0.0714. The lowest BCUT2D eigenvalue weighted by Crippen LogP contribution is -2.14. The first-order valence-electron chi connectivity index (χ1n) is 5.93. The molecule has 0 unspecified atom stereocenters. The fourth-order valence-electron chi connectivity index (χ4n) is 1.79. The van der Waals surface area contributed by atoms with Crippen molar-refractivity contribution in [3.05, 3.63) is 64.2 Å². The zero-order valence-corrected chi connectivity index (χ0v) is 11.8. The number of carbonyl (C=O) groups excluding carboxylic acids is 1. The van der Waals surface area contributed by atoms with E-state index in [1.807, 2.05) is 0 Å². The van der Waals surface area contributed by atoms with Gasteiger partial charge in [0.2, 0.25) is 5.91 Å². The number of nitro groups is 1. The van der Waals surface area contributed by atoms with E-state index < -0.39 is 4.92 Å². The zero-order valence-electron chi connectivity index (χ0n) is 11.0. The summed E-state index contributed by atoms with van der Waals surface area (Å²) in [5.74, 6) is -0.254. The van der Waals surface area contributed by atoms with Gasteiger partial charge in [-0.05, 0) is 23.8 Å². The molecular formula is C14H14ClN3O3. The molecule has 0 aromatic heterocycles. The van der Waals surface area contributed by atoms with Gasteiger partial charge in [0.05, 0.1) is 11.3 Å². The molecule has 0 aliphatic carbocycles. The number of rotatable bonds is 4. The molecule has 3 N–H and O–H groups in total. The molecular weight excluding hydrogens is 294 g/mol. The van der Waals surface area contributed by atoms with Gasteiger partial charge < -0.3 is 11.1 Å². The van der Waals surface area contributed by atoms with Crippen LogP contribution in [-0.4, -0.2) is 10.8 Å². The summed E-state index contributed by atoms with van der Waals surface area (Å²) in [5, 5.41) is 13.3. The fourth-order valence-corrected chi connectivity index (χ4v) is 1.79. The highest BCUT2D eigenvalue weighted by Gasteiger charge is 2.09. The summed E-state index contributed by atoms with van der Waals surface area (Å²) >= 11 is 0. The van der Waals surface area contributed by atoms with E-state index in [2.05, 4.69) is 5.32 Å². The standard InChI is InChI=1S/C14H13N3O3.ClH/c15-11-4-2-5-12(9-11)16-14(18)8-10-3-1-6-13(7-10)17(19)20;/h1-7,9H,8,15H2,(H,16,18);1H. The van der Waals surface area contributed by atoms with Crippen molar-refractivity contribution in [1.82, 2.24) is 0 Å². The van der Waals surface area contributed by atoms with Crippen LogP contribution in [0.1, 0.15) is 5.56 Å². The van der Waals surface area contributed by atoms with E-state index >= 15 is 0 Å². The number of nitrogens with zero attached hydrogens (tertiary/aromatic N) is 1. The molecule has 2 rings (SSSR count). The van der Waals surface area contributed by atoms with E-state index in [0.717, 1.165) is 0 Å². The Morgan fingerprint density at radius 3 is 2.57 bits per heavy atom. The molecule has 7 heteroatoms. The Bertz CT molecular complexity index is 661. The van der Waals surface area contributed by atoms with Crippen molar-refractivity contribution in [2.45, 2.75) is 6.42 Å². The Morgan fingerprint density at radius 2 is 1.90 bits per heavy atom. The Hall–Kier alpha value is -2.60. The Labute approximate surface area is 127 Å². The van der Waals surface area contributed by atoms with Gasteiger partial charge in [0.15, 0.2) is 0 Å². The number of amides is 1. The molecule has 0 fully saturated rings. The van der Waals surface area contributed by atoms with Gasteiger partial charge in [-0.15, -0.1) is 12.4 Å². The van der Waals surface area contributed by atoms with Gasteiger partial charge in [-0.2, -0.15) is 0 Å². The number of benzene rings is 2. The van der Waals surface area contributed by atoms with Crippen LogP contribution in [0.25, 0.3) is 0 Å². The second kappa shape index (κ2) is 7.25. The number of hydrogen-bond donors (Lipinski definition) is 2. The van der Waals surface area contributed by atoms with Crippen molar-refractivity contribution in [2.75, 3.05) is 11.1 Å². The number of carbonyl (C=O) groups is 1. The first kappa shape index (κ1) is 16.5. The maximum atomic E-state index is 11.9. The Balaban J connectivity index is 0.00000220. The third kappa shape index (κ3) is 4.77. The summed E-state index contributed by atoms with van der Waals surface area (Å²) in [4.78, 5) is 22.0. The maximum Gasteiger partial charge on any atom is 0.269 e. The number of nitrogens with two attached hydrogens (primary N) is 1. The molecule has 2 aromatic rings. The lowest BCUT2D eigenvalue weighted by molar-refractivity contribution is -0.384. The SMILES string of the molecule is Cl.Nc1cccc(NC(=O)Cc2cccc([N+](=O)[O-])c2)c1.